The van der Waals surface area contributed by atoms with Crippen LogP contribution < -0.4 is 5.32 Å². The number of likely N-dealkylation sites (tertiary alicyclic amines) is 1. The van der Waals surface area contributed by atoms with E-state index in [0.717, 1.165) is 30.8 Å². The van der Waals surface area contributed by atoms with Crippen molar-refractivity contribution in [2.24, 2.45) is 0 Å². The first kappa shape index (κ1) is 12.5. The summed E-state index contributed by atoms with van der Waals surface area (Å²) in [6, 6.07) is 5.92. The lowest BCUT2D eigenvalue weighted by Gasteiger charge is -2.36. The molecule has 0 amide bonds. The van der Waals surface area contributed by atoms with E-state index in [1.807, 2.05) is 0 Å². The van der Waals surface area contributed by atoms with Crippen LogP contribution in [0.1, 0.15) is 30.9 Å². The highest BCUT2D eigenvalue weighted by molar-refractivity contribution is 5.26. The molecule has 0 aromatic heterocycles. The number of nitrogens with zero attached hydrogens (tertiary/aromatic N) is 1. The molecule has 0 spiro atoms. The van der Waals surface area contributed by atoms with Crippen molar-refractivity contribution in [3.63, 3.8) is 0 Å². The lowest BCUT2D eigenvalue weighted by atomic mass is 10.0. The summed E-state index contributed by atoms with van der Waals surface area (Å²) in [6.07, 6.45) is 0. The number of likely N-dealkylation sites (N-methyl/N-ethyl adjacent to an activating group) is 1. The second-order valence-electron chi connectivity index (χ2n) is 5.35. The third-order valence-corrected chi connectivity index (χ3v) is 3.31. The molecule has 2 rings (SSSR count). The lowest BCUT2D eigenvalue weighted by Crippen LogP contribution is -2.55. The van der Waals surface area contributed by atoms with Crippen LogP contribution in [0.25, 0.3) is 0 Å². The van der Waals surface area contributed by atoms with Crippen molar-refractivity contribution < 1.29 is 4.39 Å². The summed E-state index contributed by atoms with van der Waals surface area (Å²) in [6.45, 7) is 7.12. The van der Waals surface area contributed by atoms with Gasteiger partial charge in [0.2, 0.25) is 0 Å². The molecule has 0 saturated carbocycles. The average molecular weight is 236 g/mol. The first-order valence-corrected chi connectivity index (χ1v) is 6.26. The van der Waals surface area contributed by atoms with Crippen molar-refractivity contribution in [3.8, 4) is 0 Å². The van der Waals surface area contributed by atoms with Gasteiger partial charge in [-0.15, -0.1) is 0 Å². The second-order valence-corrected chi connectivity index (χ2v) is 5.35. The van der Waals surface area contributed by atoms with Crippen LogP contribution in [0.5, 0.6) is 0 Å². The van der Waals surface area contributed by atoms with E-state index in [2.05, 4.69) is 37.2 Å². The molecule has 0 aliphatic carbocycles. The number of hydrogen-bond acceptors (Lipinski definition) is 2. The zero-order chi connectivity index (χ0) is 12.4. The molecular weight excluding hydrogens is 215 g/mol. The molecule has 94 valence electrons. The third-order valence-electron chi connectivity index (χ3n) is 3.31. The topological polar surface area (TPSA) is 15.3 Å². The number of rotatable bonds is 4. The second kappa shape index (κ2) is 5.15. The van der Waals surface area contributed by atoms with Gasteiger partial charge in [0.25, 0.3) is 0 Å². The Kier molecular flexibility index (Phi) is 3.79. The maximum Gasteiger partial charge on any atom is 0.123 e. The van der Waals surface area contributed by atoms with Gasteiger partial charge in [-0.1, -0.05) is 19.9 Å². The minimum Gasteiger partial charge on any atom is -0.307 e. The fraction of sp³-hybridized carbons (Fsp3) is 0.571. The predicted molar refractivity (Wildman–Crippen MR) is 68.6 cm³/mol. The van der Waals surface area contributed by atoms with Gasteiger partial charge >= 0.3 is 0 Å². The first-order chi connectivity index (χ1) is 8.04. The summed E-state index contributed by atoms with van der Waals surface area (Å²) >= 11 is 0. The van der Waals surface area contributed by atoms with E-state index in [4.69, 9.17) is 0 Å². The number of halogens is 1. The van der Waals surface area contributed by atoms with E-state index < -0.39 is 0 Å². The summed E-state index contributed by atoms with van der Waals surface area (Å²) in [5.41, 5.74) is 2.12. The first-order valence-electron chi connectivity index (χ1n) is 6.26. The van der Waals surface area contributed by atoms with Crippen LogP contribution in [0.4, 0.5) is 4.39 Å². The van der Waals surface area contributed by atoms with E-state index in [-0.39, 0.29) is 5.82 Å². The average Bonchev–Trinajstić information content (AvgIpc) is 2.22. The fourth-order valence-corrected chi connectivity index (χ4v) is 2.20. The Balaban J connectivity index is 1.95. The molecule has 0 atom stereocenters. The van der Waals surface area contributed by atoms with Crippen molar-refractivity contribution in [1.29, 1.82) is 0 Å². The Hall–Kier alpha value is -0.930. The summed E-state index contributed by atoms with van der Waals surface area (Å²) in [7, 11) is 2.11. The lowest BCUT2D eigenvalue weighted by molar-refractivity contribution is 0.161. The van der Waals surface area contributed by atoms with Crippen LogP contribution in [-0.4, -0.2) is 31.1 Å². The molecule has 1 heterocycles. The van der Waals surface area contributed by atoms with Crippen molar-refractivity contribution in [2.75, 3.05) is 20.1 Å². The standard InChI is InChI=1S/C14H21FN2/c1-10(2)12-4-11(5-13(15)6-12)7-16-14-8-17(3)9-14/h4-6,10,14,16H,7-9H2,1-3H3. The molecule has 3 heteroatoms. The van der Waals surface area contributed by atoms with Gasteiger partial charge in [-0.25, -0.2) is 4.39 Å². The molecule has 1 aliphatic heterocycles. The Morgan fingerprint density at radius 3 is 2.65 bits per heavy atom. The van der Waals surface area contributed by atoms with Gasteiger partial charge < -0.3 is 10.2 Å². The van der Waals surface area contributed by atoms with Crippen molar-refractivity contribution >= 4 is 0 Å². The van der Waals surface area contributed by atoms with Crippen LogP contribution in [0, 0.1) is 5.82 Å². The monoisotopic (exact) mass is 236 g/mol. The normalized spacial score (nSPS) is 17.5. The molecule has 0 bridgehead atoms. The van der Waals surface area contributed by atoms with E-state index >= 15 is 0 Å². The Bertz CT molecular complexity index is 384. The zero-order valence-electron chi connectivity index (χ0n) is 10.8. The summed E-state index contributed by atoms with van der Waals surface area (Å²) in [4.78, 5) is 2.27. The number of benzene rings is 1. The molecule has 1 aromatic carbocycles. The highest BCUT2D eigenvalue weighted by Gasteiger charge is 2.22. The van der Waals surface area contributed by atoms with Crippen LogP contribution >= 0.6 is 0 Å². The van der Waals surface area contributed by atoms with Gasteiger partial charge in [0.15, 0.2) is 0 Å². The Labute approximate surface area is 103 Å². The van der Waals surface area contributed by atoms with E-state index in [0.29, 0.717) is 12.0 Å². The molecule has 1 aliphatic rings. The van der Waals surface area contributed by atoms with E-state index in [9.17, 15) is 4.39 Å². The summed E-state index contributed by atoms with van der Waals surface area (Å²) in [5, 5.41) is 3.45. The SMILES string of the molecule is CC(C)c1cc(F)cc(CNC2CN(C)C2)c1. The highest BCUT2D eigenvalue weighted by Crippen LogP contribution is 2.18. The van der Waals surface area contributed by atoms with E-state index in [1.54, 1.807) is 12.1 Å². The van der Waals surface area contributed by atoms with Gasteiger partial charge in [-0.3, -0.25) is 0 Å². The van der Waals surface area contributed by atoms with Crippen LogP contribution in [0.2, 0.25) is 0 Å². The van der Waals surface area contributed by atoms with E-state index in [1.165, 1.54) is 0 Å². The minimum absolute atomic E-state index is 0.126. The van der Waals surface area contributed by atoms with Gasteiger partial charge in [0.05, 0.1) is 0 Å². The number of nitrogens with one attached hydrogen (secondary N) is 1. The van der Waals surface area contributed by atoms with Crippen molar-refractivity contribution in [2.45, 2.75) is 32.4 Å². The van der Waals surface area contributed by atoms with Gasteiger partial charge in [0, 0.05) is 25.7 Å². The molecule has 1 N–H and O–H groups in total. The summed E-state index contributed by atoms with van der Waals surface area (Å²) in [5.74, 6) is 0.248. The number of hydrogen-bond donors (Lipinski definition) is 1. The quantitative estimate of drug-likeness (QED) is 0.863. The molecule has 0 unspecified atom stereocenters. The maximum absolute atomic E-state index is 13.4. The molecular formula is C14H21FN2. The predicted octanol–water partition coefficient (Wildman–Crippen LogP) is 2.35. The van der Waals surface area contributed by atoms with Gasteiger partial charge in [0.1, 0.15) is 5.82 Å². The van der Waals surface area contributed by atoms with Crippen molar-refractivity contribution in [1.82, 2.24) is 10.2 Å². The van der Waals surface area contributed by atoms with Gasteiger partial charge in [-0.2, -0.15) is 0 Å². The fourth-order valence-electron chi connectivity index (χ4n) is 2.20. The zero-order valence-corrected chi connectivity index (χ0v) is 10.8. The van der Waals surface area contributed by atoms with Crippen LogP contribution in [0.3, 0.4) is 0 Å². The molecule has 17 heavy (non-hydrogen) atoms. The minimum atomic E-state index is -0.126. The van der Waals surface area contributed by atoms with Crippen LogP contribution in [-0.2, 0) is 6.54 Å². The van der Waals surface area contributed by atoms with Crippen molar-refractivity contribution in [3.05, 3.63) is 35.1 Å². The highest BCUT2D eigenvalue weighted by atomic mass is 19.1. The largest absolute Gasteiger partial charge is 0.307 e. The molecule has 1 aromatic rings. The Morgan fingerprint density at radius 1 is 1.35 bits per heavy atom. The van der Waals surface area contributed by atoms with Crippen LogP contribution in [0.15, 0.2) is 18.2 Å². The summed E-state index contributed by atoms with van der Waals surface area (Å²) < 4.78 is 13.4. The Morgan fingerprint density at radius 2 is 2.06 bits per heavy atom. The molecule has 1 fully saturated rings. The smallest absolute Gasteiger partial charge is 0.123 e. The van der Waals surface area contributed by atoms with Gasteiger partial charge in [-0.05, 0) is 36.2 Å². The third kappa shape index (κ3) is 3.27. The molecule has 0 radical (unpaired) electrons. The maximum atomic E-state index is 13.4. The molecule has 1 saturated heterocycles. The molecule has 2 nitrogen and oxygen atoms in total.